The number of piperidine rings is 1. The van der Waals surface area contributed by atoms with Crippen LogP contribution in [0.3, 0.4) is 0 Å². The van der Waals surface area contributed by atoms with E-state index in [4.69, 9.17) is 9.84 Å². The molecule has 0 aromatic heterocycles. The topological polar surface area (TPSA) is 83.9 Å². The van der Waals surface area contributed by atoms with Crippen LogP contribution in [0.15, 0.2) is 0 Å². The summed E-state index contributed by atoms with van der Waals surface area (Å²) in [6.07, 6.45) is -0.227. The van der Waals surface area contributed by atoms with E-state index >= 15 is 0 Å². The van der Waals surface area contributed by atoms with Crippen LogP contribution >= 0.6 is 0 Å². The first kappa shape index (κ1) is 15.5. The summed E-state index contributed by atoms with van der Waals surface area (Å²) in [6, 6.07) is 0. The van der Waals surface area contributed by atoms with Crippen LogP contribution in [0.1, 0.15) is 40.0 Å². The van der Waals surface area contributed by atoms with Gasteiger partial charge in [0.05, 0.1) is 0 Å². The highest BCUT2D eigenvalue weighted by Gasteiger charge is 2.29. The predicted molar refractivity (Wildman–Crippen MR) is 67.8 cm³/mol. The molecule has 0 bridgehead atoms. The van der Waals surface area contributed by atoms with Gasteiger partial charge in [-0.05, 0) is 33.6 Å². The molecule has 0 saturated carbocycles. The Labute approximate surface area is 112 Å². The molecule has 6 heteroatoms. The first-order chi connectivity index (χ1) is 8.69. The lowest BCUT2D eigenvalue weighted by Gasteiger charge is -2.29. The average Bonchev–Trinajstić information content (AvgIpc) is 2.26. The van der Waals surface area contributed by atoms with Gasteiger partial charge in [0, 0.05) is 19.0 Å². The number of Topliss-reactive ketones (excluding diaryl/α,β-unsaturated/α-hetero) is 1. The van der Waals surface area contributed by atoms with Gasteiger partial charge in [-0.2, -0.15) is 0 Å². The van der Waals surface area contributed by atoms with E-state index in [1.54, 1.807) is 20.8 Å². The minimum atomic E-state index is -0.960. The third-order valence-electron chi connectivity index (χ3n) is 2.96. The average molecular weight is 271 g/mol. The van der Waals surface area contributed by atoms with Crippen LogP contribution in [0.4, 0.5) is 4.79 Å². The Bertz CT molecular complexity index is 364. The number of nitrogens with zero attached hydrogens (tertiary/aromatic N) is 1. The molecule has 1 rings (SSSR count). The fraction of sp³-hybridized carbons (Fsp3) is 0.769. The molecule has 1 amide bonds. The van der Waals surface area contributed by atoms with Crippen molar-refractivity contribution in [1.29, 1.82) is 0 Å². The van der Waals surface area contributed by atoms with Gasteiger partial charge in [-0.3, -0.25) is 9.59 Å². The zero-order valence-electron chi connectivity index (χ0n) is 11.6. The van der Waals surface area contributed by atoms with E-state index in [0.29, 0.717) is 25.9 Å². The molecule has 1 heterocycles. The summed E-state index contributed by atoms with van der Waals surface area (Å²) in [5.41, 5.74) is -0.593. The molecular weight excluding hydrogens is 250 g/mol. The van der Waals surface area contributed by atoms with E-state index in [2.05, 4.69) is 0 Å². The third-order valence-corrected chi connectivity index (χ3v) is 2.96. The molecule has 0 radical (unpaired) electrons. The fourth-order valence-corrected chi connectivity index (χ4v) is 2.06. The van der Waals surface area contributed by atoms with Crippen molar-refractivity contribution < 1.29 is 24.2 Å². The zero-order valence-corrected chi connectivity index (χ0v) is 11.6. The Morgan fingerprint density at radius 2 is 1.74 bits per heavy atom. The second-order valence-electron chi connectivity index (χ2n) is 5.77. The van der Waals surface area contributed by atoms with Crippen molar-refractivity contribution in [2.45, 2.75) is 45.6 Å². The van der Waals surface area contributed by atoms with E-state index < -0.39 is 17.7 Å². The van der Waals surface area contributed by atoms with Crippen LogP contribution in [0.5, 0.6) is 0 Å². The van der Waals surface area contributed by atoms with E-state index in [0.717, 1.165) is 0 Å². The fourth-order valence-electron chi connectivity index (χ4n) is 2.06. The lowest BCUT2D eigenvalue weighted by Crippen LogP contribution is -2.40. The number of carbonyl (C=O) groups excluding carboxylic acids is 2. The summed E-state index contributed by atoms with van der Waals surface area (Å²) in [7, 11) is 0. The second kappa shape index (κ2) is 6.04. The molecule has 0 aromatic carbocycles. The van der Waals surface area contributed by atoms with Gasteiger partial charge in [-0.1, -0.05) is 0 Å². The number of likely N-dealkylation sites (tertiary alicyclic amines) is 1. The maximum absolute atomic E-state index is 11.9. The Balaban J connectivity index is 2.39. The number of ketones is 1. The number of carbonyl (C=O) groups is 3. The van der Waals surface area contributed by atoms with Crippen molar-refractivity contribution in [2.75, 3.05) is 13.1 Å². The van der Waals surface area contributed by atoms with Crippen molar-refractivity contribution >= 4 is 17.8 Å². The van der Waals surface area contributed by atoms with Crippen LogP contribution in [-0.4, -0.2) is 46.5 Å². The van der Waals surface area contributed by atoms with Gasteiger partial charge >= 0.3 is 12.1 Å². The van der Waals surface area contributed by atoms with Crippen LogP contribution in [0, 0.1) is 5.92 Å². The standard InChI is InChI=1S/C13H21NO5/c1-13(2,3)19-11(16)8-10(15)9-4-6-14(7-5-9)12(17)18/h9H,4-8H2,1-3H3,(H,17,18). The minimum absolute atomic E-state index is 0.153. The van der Waals surface area contributed by atoms with E-state index in [-0.39, 0.29) is 18.1 Å². The minimum Gasteiger partial charge on any atom is -0.465 e. The van der Waals surface area contributed by atoms with Gasteiger partial charge in [0.15, 0.2) is 0 Å². The van der Waals surface area contributed by atoms with Gasteiger partial charge in [0.25, 0.3) is 0 Å². The first-order valence-electron chi connectivity index (χ1n) is 6.41. The van der Waals surface area contributed by atoms with Crippen molar-refractivity contribution in [2.24, 2.45) is 5.92 Å². The molecule has 19 heavy (non-hydrogen) atoms. The summed E-state index contributed by atoms with van der Waals surface area (Å²) in [4.78, 5) is 35.5. The predicted octanol–water partition coefficient (Wildman–Crippen LogP) is 1.68. The smallest absolute Gasteiger partial charge is 0.407 e. The zero-order chi connectivity index (χ0) is 14.6. The summed E-state index contributed by atoms with van der Waals surface area (Å²) in [5, 5.41) is 8.80. The highest BCUT2D eigenvalue weighted by Crippen LogP contribution is 2.20. The summed E-state index contributed by atoms with van der Waals surface area (Å²) in [6.45, 7) is 5.95. The van der Waals surface area contributed by atoms with Gasteiger partial charge < -0.3 is 14.7 Å². The molecule has 0 unspecified atom stereocenters. The van der Waals surface area contributed by atoms with Crippen LogP contribution in [0.2, 0.25) is 0 Å². The highest BCUT2D eigenvalue weighted by atomic mass is 16.6. The van der Waals surface area contributed by atoms with Gasteiger partial charge in [-0.25, -0.2) is 4.79 Å². The molecule has 0 aliphatic carbocycles. The van der Waals surface area contributed by atoms with Crippen molar-refractivity contribution in [3.63, 3.8) is 0 Å². The van der Waals surface area contributed by atoms with Crippen LogP contribution in [-0.2, 0) is 14.3 Å². The van der Waals surface area contributed by atoms with Crippen molar-refractivity contribution in [3.05, 3.63) is 0 Å². The number of esters is 1. The maximum atomic E-state index is 11.9. The molecule has 1 saturated heterocycles. The summed E-state index contributed by atoms with van der Waals surface area (Å²) in [5.74, 6) is -0.902. The SMILES string of the molecule is CC(C)(C)OC(=O)CC(=O)C1CCN(C(=O)O)CC1. The second-order valence-corrected chi connectivity index (χ2v) is 5.77. The Morgan fingerprint density at radius 3 is 2.16 bits per heavy atom. The number of carboxylic acid groups (broad SMARTS) is 1. The molecule has 108 valence electrons. The van der Waals surface area contributed by atoms with E-state index in [1.807, 2.05) is 0 Å². The lowest BCUT2D eigenvalue weighted by atomic mass is 9.91. The lowest BCUT2D eigenvalue weighted by molar-refractivity contribution is -0.156. The number of amides is 1. The number of hydrogen-bond donors (Lipinski definition) is 1. The number of hydrogen-bond acceptors (Lipinski definition) is 4. The Morgan fingerprint density at radius 1 is 1.21 bits per heavy atom. The van der Waals surface area contributed by atoms with Crippen molar-refractivity contribution in [1.82, 2.24) is 4.90 Å². The Hall–Kier alpha value is -1.59. The number of rotatable bonds is 3. The maximum Gasteiger partial charge on any atom is 0.407 e. The van der Waals surface area contributed by atoms with E-state index in [9.17, 15) is 14.4 Å². The van der Waals surface area contributed by atoms with E-state index in [1.165, 1.54) is 4.90 Å². The van der Waals surface area contributed by atoms with Gasteiger partial charge in [0.1, 0.15) is 17.8 Å². The molecule has 6 nitrogen and oxygen atoms in total. The summed E-state index contributed by atoms with van der Waals surface area (Å²) < 4.78 is 5.09. The first-order valence-corrected chi connectivity index (χ1v) is 6.41. The molecule has 0 spiro atoms. The monoisotopic (exact) mass is 271 g/mol. The molecule has 1 aliphatic rings. The highest BCUT2D eigenvalue weighted by molar-refractivity contribution is 5.97. The van der Waals surface area contributed by atoms with Crippen LogP contribution < -0.4 is 0 Å². The molecular formula is C13H21NO5. The van der Waals surface area contributed by atoms with Gasteiger partial charge in [0.2, 0.25) is 0 Å². The third kappa shape index (κ3) is 5.28. The molecule has 1 fully saturated rings. The number of ether oxygens (including phenoxy) is 1. The normalized spacial score (nSPS) is 17.1. The quantitative estimate of drug-likeness (QED) is 0.623. The molecule has 1 aliphatic heterocycles. The summed E-state index contributed by atoms with van der Waals surface area (Å²) >= 11 is 0. The van der Waals surface area contributed by atoms with Crippen molar-refractivity contribution in [3.8, 4) is 0 Å². The van der Waals surface area contributed by atoms with Crippen LogP contribution in [0.25, 0.3) is 0 Å². The largest absolute Gasteiger partial charge is 0.465 e. The molecule has 0 aromatic rings. The molecule has 1 N–H and O–H groups in total. The Kier molecular flexibility index (Phi) is 4.91. The molecule has 0 atom stereocenters. The van der Waals surface area contributed by atoms with Gasteiger partial charge in [-0.15, -0.1) is 0 Å².